The summed E-state index contributed by atoms with van der Waals surface area (Å²) in [5.74, 6) is 0.242. The summed E-state index contributed by atoms with van der Waals surface area (Å²) >= 11 is 0. The third-order valence-corrected chi connectivity index (χ3v) is 4.45. The number of amides is 1. The van der Waals surface area contributed by atoms with E-state index in [0.717, 1.165) is 12.8 Å². The Hall–Kier alpha value is -1.10. The van der Waals surface area contributed by atoms with Gasteiger partial charge in [-0.15, -0.1) is 0 Å². The Balaban J connectivity index is 3.16. The molecule has 0 radical (unpaired) electrons. The molecular weight excluding hydrogens is 418 g/mol. The number of nitrogens with one attached hydrogen (secondary N) is 1. The second kappa shape index (κ2) is 23.1. The highest BCUT2D eigenvalue weighted by Gasteiger charge is 2.11. The van der Waals surface area contributed by atoms with Gasteiger partial charge >= 0.3 is 0 Å². The lowest BCUT2D eigenvalue weighted by Crippen LogP contribution is -2.31. The van der Waals surface area contributed by atoms with Gasteiger partial charge in [0, 0.05) is 18.4 Å². The van der Waals surface area contributed by atoms with Gasteiger partial charge in [0.1, 0.15) is 6.61 Å². The van der Waals surface area contributed by atoms with E-state index in [9.17, 15) is 9.59 Å². The molecular formula is C23H45NO8. The Bertz CT molecular complexity index is 448. The van der Waals surface area contributed by atoms with Crippen molar-refractivity contribution < 1.29 is 38.0 Å². The predicted molar refractivity (Wildman–Crippen MR) is 122 cm³/mol. The topological polar surface area (TPSA) is 102 Å². The highest BCUT2D eigenvalue weighted by molar-refractivity contribution is 5.81. The number of carbonyl (C=O) groups is 2. The molecule has 0 aromatic carbocycles. The fourth-order valence-electron chi connectivity index (χ4n) is 2.46. The van der Waals surface area contributed by atoms with E-state index in [1.165, 1.54) is 0 Å². The largest absolute Gasteiger partial charge is 0.377 e. The first-order chi connectivity index (χ1) is 15.5. The normalized spacial score (nSPS) is 12.3. The molecule has 0 saturated carbocycles. The van der Waals surface area contributed by atoms with Crippen LogP contribution in [0.25, 0.3) is 0 Å². The first-order valence-corrected chi connectivity index (χ1v) is 11.8. The number of hydrogen-bond donors (Lipinski definition) is 1. The van der Waals surface area contributed by atoms with Crippen molar-refractivity contribution in [1.82, 2.24) is 5.32 Å². The number of carbonyl (C=O) groups excluding carboxylic acids is 2. The molecule has 9 heteroatoms. The highest BCUT2D eigenvalue weighted by atomic mass is 16.6. The Morgan fingerprint density at radius 1 is 0.656 bits per heavy atom. The molecule has 1 N–H and O–H groups in total. The third-order valence-electron chi connectivity index (χ3n) is 4.45. The summed E-state index contributed by atoms with van der Waals surface area (Å²) < 4.78 is 32.3. The molecule has 1 atom stereocenters. The highest BCUT2D eigenvalue weighted by Crippen LogP contribution is 2.06. The van der Waals surface area contributed by atoms with Crippen LogP contribution in [0.4, 0.5) is 0 Å². The standard InChI is InChI=1S/C23H45NO8/c1-5-6-21(4)22(25)19-32-18-17-31-16-15-30-14-13-29-12-11-28-10-9-27-8-7-24-23(26)20(2)3/h20-21H,5-19H2,1-4H3,(H,24,26). The summed E-state index contributed by atoms with van der Waals surface area (Å²) in [4.78, 5) is 23.1. The minimum atomic E-state index is -0.00919. The van der Waals surface area contributed by atoms with Crippen LogP contribution in [0.15, 0.2) is 0 Å². The van der Waals surface area contributed by atoms with Crippen LogP contribution in [0.1, 0.15) is 40.5 Å². The van der Waals surface area contributed by atoms with Crippen molar-refractivity contribution in [2.75, 3.05) is 85.8 Å². The molecule has 1 unspecified atom stereocenters. The van der Waals surface area contributed by atoms with E-state index in [1.807, 2.05) is 20.8 Å². The van der Waals surface area contributed by atoms with Crippen molar-refractivity contribution in [2.24, 2.45) is 11.8 Å². The molecule has 0 fully saturated rings. The van der Waals surface area contributed by atoms with Gasteiger partial charge in [-0.2, -0.15) is 0 Å². The summed E-state index contributed by atoms with van der Waals surface area (Å²) in [5.41, 5.74) is 0. The van der Waals surface area contributed by atoms with Crippen molar-refractivity contribution in [1.29, 1.82) is 0 Å². The molecule has 1 amide bonds. The van der Waals surface area contributed by atoms with Gasteiger partial charge in [0.05, 0.1) is 72.7 Å². The number of ether oxygens (including phenoxy) is 6. The van der Waals surface area contributed by atoms with Crippen LogP contribution >= 0.6 is 0 Å². The summed E-state index contributed by atoms with van der Waals surface area (Å²) in [7, 11) is 0. The molecule has 0 aliphatic rings. The van der Waals surface area contributed by atoms with Gasteiger partial charge in [-0.25, -0.2) is 0 Å². The first kappa shape index (κ1) is 30.9. The smallest absolute Gasteiger partial charge is 0.222 e. The number of rotatable bonds is 24. The van der Waals surface area contributed by atoms with Gasteiger partial charge < -0.3 is 33.7 Å². The predicted octanol–water partition coefficient (Wildman–Crippen LogP) is 1.86. The summed E-state index contributed by atoms with van der Waals surface area (Å²) in [6.45, 7) is 13.7. The molecule has 9 nitrogen and oxygen atoms in total. The van der Waals surface area contributed by atoms with E-state index >= 15 is 0 Å². The third kappa shape index (κ3) is 20.8. The fraction of sp³-hybridized carbons (Fsp3) is 0.913. The molecule has 0 saturated heterocycles. The van der Waals surface area contributed by atoms with Crippen LogP contribution in [-0.4, -0.2) is 97.5 Å². The first-order valence-electron chi connectivity index (χ1n) is 11.8. The molecule has 0 aromatic rings. The van der Waals surface area contributed by atoms with E-state index in [-0.39, 0.29) is 30.1 Å². The zero-order chi connectivity index (χ0) is 23.9. The maximum absolute atomic E-state index is 11.7. The average molecular weight is 464 g/mol. The van der Waals surface area contributed by atoms with Crippen molar-refractivity contribution in [3.05, 3.63) is 0 Å². The van der Waals surface area contributed by atoms with Crippen LogP contribution in [-0.2, 0) is 38.0 Å². The number of Topliss-reactive ketones (excluding diaryl/α,β-unsaturated/α-hetero) is 1. The van der Waals surface area contributed by atoms with E-state index in [1.54, 1.807) is 0 Å². The maximum atomic E-state index is 11.7. The summed E-state index contributed by atoms with van der Waals surface area (Å²) in [6.07, 6.45) is 1.91. The number of hydrogen-bond acceptors (Lipinski definition) is 8. The molecule has 0 aliphatic carbocycles. The molecule has 0 aromatic heterocycles. The molecule has 190 valence electrons. The fourth-order valence-corrected chi connectivity index (χ4v) is 2.46. The Kier molecular flexibility index (Phi) is 22.3. The molecule has 0 bridgehead atoms. The van der Waals surface area contributed by atoms with Crippen LogP contribution in [0.5, 0.6) is 0 Å². The molecule has 0 aliphatic heterocycles. The lowest BCUT2D eigenvalue weighted by molar-refractivity contribution is -0.128. The van der Waals surface area contributed by atoms with Gasteiger partial charge in [0.15, 0.2) is 5.78 Å². The zero-order valence-corrected chi connectivity index (χ0v) is 20.5. The van der Waals surface area contributed by atoms with Crippen molar-refractivity contribution in [3.63, 3.8) is 0 Å². The minimum Gasteiger partial charge on any atom is -0.377 e. The second-order valence-electron chi connectivity index (χ2n) is 7.72. The maximum Gasteiger partial charge on any atom is 0.222 e. The average Bonchev–Trinajstić information content (AvgIpc) is 2.77. The molecule has 0 rings (SSSR count). The van der Waals surface area contributed by atoms with Crippen LogP contribution in [0, 0.1) is 11.8 Å². The van der Waals surface area contributed by atoms with Crippen molar-refractivity contribution in [2.45, 2.75) is 40.5 Å². The van der Waals surface area contributed by atoms with E-state index in [0.29, 0.717) is 79.2 Å². The summed E-state index contributed by atoms with van der Waals surface area (Å²) in [6, 6.07) is 0. The minimum absolute atomic E-state index is 0.00919. The SMILES string of the molecule is CCCC(C)C(=O)COCCOCCOCCOCCOCCOCCNC(=O)C(C)C. The van der Waals surface area contributed by atoms with Crippen molar-refractivity contribution in [3.8, 4) is 0 Å². The van der Waals surface area contributed by atoms with Gasteiger partial charge in [-0.05, 0) is 6.42 Å². The lowest BCUT2D eigenvalue weighted by atomic mass is 10.0. The van der Waals surface area contributed by atoms with Crippen LogP contribution in [0.2, 0.25) is 0 Å². The molecule has 0 heterocycles. The van der Waals surface area contributed by atoms with Gasteiger partial charge in [-0.1, -0.05) is 34.1 Å². The Morgan fingerprint density at radius 2 is 1.06 bits per heavy atom. The monoisotopic (exact) mass is 463 g/mol. The second-order valence-corrected chi connectivity index (χ2v) is 7.72. The van der Waals surface area contributed by atoms with Gasteiger partial charge in [-0.3, -0.25) is 9.59 Å². The van der Waals surface area contributed by atoms with E-state index in [2.05, 4.69) is 12.2 Å². The molecule has 32 heavy (non-hydrogen) atoms. The molecule has 0 spiro atoms. The van der Waals surface area contributed by atoms with Gasteiger partial charge in [0.2, 0.25) is 5.91 Å². The van der Waals surface area contributed by atoms with E-state index < -0.39 is 0 Å². The van der Waals surface area contributed by atoms with Gasteiger partial charge in [0.25, 0.3) is 0 Å². The quantitative estimate of drug-likeness (QED) is 0.217. The van der Waals surface area contributed by atoms with Crippen LogP contribution in [0.3, 0.4) is 0 Å². The lowest BCUT2D eigenvalue weighted by Gasteiger charge is -2.10. The Labute approximate surface area is 193 Å². The van der Waals surface area contributed by atoms with Crippen LogP contribution < -0.4 is 5.32 Å². The van der Waals surface area contributed by atoms with E-state index in [4.69, 9.17) is 28.4 Å². The summed E-state index contributed by atoms with van der Waals surface area (Å²) in [5, 5.41) is 2.79. The zero-order valence-electron chi connectivity index (χ0n) is 20.5. The Morgan fingerprint density at radius 3 is 1.47 bits per heavy atom. The number of ketones is 1. The van der Waals surface area contributed by atoms with Crippen molar-refractivity contribution >= 4 is 11.7 Å².